The van der Waals surface area contributed by atoms with E-state index < -0.39 is 82.2 Å². The third-order valence-electron chi connectivity index (χ3n) is 26.9. The molecule has 142 heavy (non-hydrogen) atoms. The van der Waals surface area contributed by atoms with E-state index in [4.69, 9.17) is 28.4 Å². The van der Waals surface area contributed by atoms with Crippen LogP contribution in [0.4, 0.5) is 74.4 Å². The molecule has 2 saturated carbocycles. The summed E-state index contributed by atoms with van der Waals surface area (Å²) in [4.78, 5) is 154. The lowest BCUT2D eigenvalue weighted by Gasteiger charge is -2.47. The number of halogens is 7. The molecule has 3 unspecified atom stereocenters. The van der Waals surface area contributed by atoms with E-state index in [1.54, 1.807) is 61.1 Å². The van der Waals surface area contributed by atoms with Crippen molar-refractivity contribution in [3.63, 3.8) is 0 Å². The summed E-state index contributed by atoms with van der Waals surface area (Å²) < 4.78 is 133. The number of alkyl halides is 7. The number of carbonyl (C=O) groups is 12. The van der Waals surface area contributed by atoms with Gasteiger partial charge in [0.05, 0.1) is 53.9 Å². The second-order valence-corrected chi connectivity index (χ2v) is 37.4. The molecule has 776 valence electrons. The maximum Gasteiger partial charge on any atom is 0.416 e. The van der Waals surface area contributed by atoms with Gasteiger partial charge in [-0.3, -0.25) is 47.9 Å². The number of amides is 12. The largest absolute Gasteiger partial charge is 0.476 e. The lowest BCUT2D eigenvalue weighted by Crippen LogP contribution is -2.61. The topological polar surface area (TPSA) is 370 Å². The summed E-state index contributed by atoms with van der Waals surface area (Å²) in [6, 6.07) is 21.6. The lowest BCUT2D eigenvalue weighted by atomic mass is 9.77. The Balaban J connectivity index is 0.000000190. The van der Waals surface area contributed by atoms with Crippen molar-refractivity contribution >= 4 is 105 Å². The summed E-state index contributed by atoms with van der Waals surface area (Å²) in [5.74, 6) is -0.344. The van der Waals surface area contributed by atoms with Crippen LogP contribution in [-0.2, 0) is 63.6 Å². The van der Waals surface area contributed by atoms with Gasteiger partial charge in [-0.25, -0.2) is 9.59 Å². The van der Waals surface area contributed by atoms with Crippen molar-refractivity contribution in [2.24, 2.45) is 0 Å². The van der Waals surface area contributed by atoms with Gasteiger partial charge in [-0.2, -0.15) is 30.7 Å². The molecule has 0 saturated heterocycles. The molecule has 14 rings (SSSR count). The molecule has 2 spiro atoms. The molecular formula is C103H135F7N12O20. The minimum atomic E-state index is -4.51. The van der Waals surface area contributed by atoms with Crippen LogP contribution in [0.15, 0.2) is 72.8 Å². The van der Waals surface area contributed by atoms with E-state index >= 15 is 0 Å². The van der Waals surface area contributed by atoms with E-state index in [2.05, 4.69) is 41.4 Å². The number of alkyl carbamates (subject to hydrolysis) is 2. The van der Waals surface area contributed by atoms with Gasteiger partial charge in [-0.1, -0.05) is 34.6 Å². The van der Waals surface area contributed by atoms with Gasteiger partial charge < -0.3 is 99.2 Å². The summed E-state index contributed by atoms with van der Waals surface area (Å²) in [6.07, 6.45) is -4.69. The zero-order chi connectivity index (χ0) is 106. The summed E-state index contributed by atoms with van der Waals surface area (Å²) in [5, 5.41) is 15.0. The van der Waals surface area contributed by atoms with Crippen molar-refractivity contribution in [1.29, 1.82) is 0 Å². The molecule has 0 bridgehead atoms. The Labute approximate surface area is 824 Å². The zero-order valence-corrected chi connectivity index (χ0v) is 85.3. The number of fused-ring (bicyclic) bond motifs is 6. The molecule has 6 aliphatic heterocycles. The predicted octanol–water partition coefficient (Wildman–Crippen LogP) is 15.5. The Kier molecular flexibility index (Phi) is 37.0. The average Bonchev–Trinajstić information content (AvgIpc) is 0.736. The lowest BCUT2D eigenvalue weighted by molar-refractivity contribution is -0.143. The van der Waals surface area contributed by atoms with E-state index in [0.717, 1.165) is 116 Å². The Morgan fingerprint density at radius 2 is 0.563 bits per heavy atom. The highest BCUT2D eigenvalue weighted by atomic mass is 19.4. The third kappa shape index (κ3) is 25.7. The molecule has 6 heterocycles. The fourth-order valence-corrected chi connectivity index (χ4v) is 16.5. The molecule has 3 atom stereocenters. The number of nitrogens with zero attached hydrogens (tertiary/aromatic N) is 6. The van der Waals surface area contributed by atoms with Gasteiger partial charge in [0.1, 0.15) is 34.5 Å². The van der Waals surface area contributed by atoms with Gasteiger partial charge in [-0.15, -0.1) is 0 Å². The Hall–Kier alpha value is -13.1. The molecule has 12 amide bonds. The maximum atomic E-state index is 13.2. The minimum absolute atomic E-state index is 0.00818. The molecular weight excluding hydrogens is 1860 g/mol. The van der Waals surface area contributed by atoms with Crippen molar-refractivity contribution in [2.75, 3.05) is 122 Å². The quantitative estimate of drug-likeness (QED) is 0.0290. The van der Waals surface area contributed by atoms with Crippen LogP contribution >= 0.6 is 0 Å². The van der Waals surface area contributed by atoms with Crippen LogP contribution in [0, 0.1) is 76.2 Å². The first-order valence-corrected chi connectivity index (χ1v) is 47.7. The van der Waals surface area contributed by atoms with Crippen LogP contribution < -0.4 is 89.7 Å². The standard InChI is InChI=1S/C18H23F3N2O3.C18H26N2O3.C17H20F2N2O3.C17H22N2O4.C17H24N2O4.C16H20F2N2O3/c1-5-15(24)22-7-8-23-13-9-11(3)12(18(19,20)21)10-14(13)26-17(4,6-2)16(23)25;1-6-16(21)19-8-9-20-14-10-12(3)13(4)11-15(14)23-18(5,7-2)17(20)22;1-10-8-12-13(9-11(10)2)24-17(4-3-5-17)16(23)21(12)7-6-20-15(22)14(18)19;1-11-9-13-14(10-12(11)2)23-17(5-4-6-17)15(20)19(13)8-7-18-16(21)22-3;1-6-17(4)15(20)19(8-7-18-16(21)22-5)13-9-11(2)12(3)10-14(13)23-17;1-9-7-11-12(8-10(9)2)23-16(3,4)15(22)20(11)6-5-19-14(21)13(17)18/h9-10H,5-8H2,1-4H3,(H,22,24);10-11H,6-9H2,1-5H3,(H,19,21);8-9,14H,3-7H2,1-2H3,(H,20,22);9-10H,4-8H2,1-3H3,(H,18,21);9-10H,6-8H2,1-5H3,(H,18,21);7-8,13H,5-6H2,1-4H3,(H,19,21). The van der Waals surface area contributed by atoms with Crippen LogP contribution in [0.3, 0.4) is 0 Å². The number of carbonyl (C=O) groups excluding carboxylic acids is 12. The summed E-state index contributed by atoms with van der Waals surface area (Å²) in [6.45, 7) is 41.6. The summed E-state index contributed by atoms with van der Waals surface area (Å²) in [7, 11) is 2.63. The predicted molar refractivity (Wildman–Crippen MR) is 522 cm³/mol. The first kappa shape index (κ1) is 112. The first-order chi connectivity index (χ1) is 66.6. The molecule has 32 nitrogen and oxygen atoms in total. The van der Waals surface area contributed by atoms with E-state index in [0.29, 0.717) is 113 Å². The van der Waals surface area contributed by atoms with Crippen molar-refractivity contribution in [2.45, 2.75) is 269 Å². The zero-order valence-electron chi connectivity index (χ0n) is 85.3. The Bertz CT molecular complexity index is 5480. The SMILES string of the molecule is CCC(=O)NCCN1C(=O)C(C)(CC)Oc2cc(C(F)(F)F)c(C)cc21.CCC(=O)NCCN1C(=O)C(C)(CC)Oc2cc(C)c(C)cc21.CCC1(C)Oc2cc(C)c(C)cc2N(CCNC(=O)OC)C1=O.COC(=O)NCCN1C(=O)C2(CCC2)Oc2cc(C)c(C)cc21.Cc1cc2c(cc1C)N(CCNC(=O)C(F)F)C(=O)C(C)(C)O2.Cc1cc2c(cc1C)N(CCNC(=O)C(F)F)C(=O)C1(CCC1)O2. The Morgan fingerprint density at radius 1 is 0.331 bits per heavy atom. The molecule has 0 radical (unpaired) electrons. The number of aryl methyl sites for hydroxylation is 11. The van der Waals surface area contributed by atoms with Crippen LogP contribution in [0.1, 0.15) is 207 Å². The molecule has 0 aromatic heterocycles. The number of anilines is 6. The van der Waals surface area contributed by atoms with E-state index in [1.807, 2.05) is 158 Å². The number of nitrogens with one attached hydrogen (secondary N) is 6. The van der Waals surface area contributed by atoms with Crippen LogP contribution in [0.5, 0.6) is 34.5 Å². The van der Waals surface area contributed by atoms with E-state index in [-0.39, 0.29) is 104 Å². The van der Waals surface area contributed by atoms with Gasteiger partial charge in [-0.05, 0) is 303 Å². The van der Waals surface area contributed by atoms with Crippen LogP contribution in [-0.4, -0.2) is 210 Å². The number of benzene rings is 6. The monoisotopic (exact) mass is 1990 g/mol. The number of rotatable bonds is 25. The van der Waals surface area contributed by atoms with Crippen molar-refractivity contribution in [3.8, 4) is 34.5 Å². The highest BCUT2D eigenvalue weighted by molar-refractivity contribution is 6.08. The van der Waals surface area contributed by atoms with Gasteiger partial charge in [0.2, 0.25) is 11.8 Å². The van der Waals surface area contributed by atoms with Crippen molar-refractivity contribution in [3.05, 3.63) is 140 Å². The molecule has 2 fully saturated rings. The molecule has 6 aromatic carbocycles. The van der Waals surface area contributed by atoms with Gasteiger partial charge in [0.25, 0.3) is 47.3 Å². The van der Waals surface area contributed by atoms with Crippen molar-refractivity contribution in [1.82, 2.24) is 31.9 Å². The molecule has 8 aliphatic rings. The smallest absolute Gasteiger partial charge is 0.416 e. The number of hydrogen-bond donors (Lipinski definition) is 6. The van der Waals surface area contributed by atoms with Gasteiger partial charge >= 0.3 is 31.2 Å². The van der Waals surface area contributed by atoms with Crippen molar-refractivity contribution < 1.29 is 126 Å². The van der Waals surface area contributed by atoms with Gasteiger partial charge in [0, 0.05) is 91.4 Å². The number of methoxy groups -OCH3 is 2. The van der Waals surface area contributed by atoms with E-state index in [1.165, 1.54) is 37.0 Å². The molecule has 6 N–H and O–H groups in total. The average molecular weight is 1990 g/mol. The fourth-order valence-electron chi connectivity index (χ4n) is 16.5. The first-order valence-electron chi connectivity index (χ1n) is 47.7. The number of hydrogen-bond acceptors (Lipinski definition) is 20. The third-order valence-corrected chi connectivity index (χ3v) is 26.9. The molecule has 39 heteroatoms. The summed E-state index contributed by atoms with van der Waals surface area (Å²) in [5.41, 5.74) is 8.23. The normalized spacial score (nSPS) is 18.7. The second kappa shape index (κ2) is 46.7. The summed E-state index contributed by atoms with van der Waals surface area (Å²) >= 11 is 0. The Morgan fingerprint density at radius 3 is 0.810 bits per heavy atom. The van der Waals surface area contributed by atoms with Crippen LogP contribution in [0.25, 0.3) is 0 Å². The van der Waals surface area contributed by atoms with E-state index in [9.17, 15) is 88.3 Å². The minimum Gasteiger partial charge on any atom is -0.476 e. The van der Waals surface area contributed by atoms with Crippen LogP contribution in [0.2, 0.25) is 0 Å². The molecule has 6 aromatic rings. The fraction of sp³-hybridized carbons (Fsp3) is 0.534. The van der Waals surface area contributed by atoms with Gasteiger partial charge in [0.15, 0.2) is 33.6 Å². The highest BCUT2D eigenvalue weighted by Crippen LogP contribution is 2.51. The second-order valence-electron chi connectivity index (χ2n) is 37.4. The number of ether oxygens (including phenoxy) is 8. The maximum absolute atomic E-state index is 13.2. The highest BCUT2D eigenvalue weighted by Gasteiger charge is 2.55. The molecule has 2 aliphatic carbocycles.